The highest BCUT2D eigenvalue weighted by molar-refractivity contribution is 6.17. The van der Waals surface area contributed by atoms with Gasteiger partial charge in [0.1, 0.15) is 0 Å². The summed E-state index contributed by atoms with van der Waals surface area (Å²) in [6.45, 7) is 4.59. The van der Waals surface area contributed by atoms with Gasteiger partial charge in [0.15, 0.2) is 5.69 Å². The van der Waals surface area contributed by atoms with E-state index in [0.717, 1.165) is 5.56 Å². The van der Waals surface area contributed by atoms with Crippen LogP contribution in [0.4, 0.5) is 0 Å². The van der Waals surface area contributed by atoms with Gasteiger partial charge in [-0.2, -0.15) is 0 Å². The predicted molar refractivity (Wildman–Crippen MR) is 75.8 cm³/mol. The van der Waals surface area contributed by atoms with Gasteiger partial charge in [0.25, 0.3) is 0 Å². The van der Waals surface area contributed by atoms with Crippen molar-refractivity contribution >= 4 is 17.6 Å². The third-order valence-corrected chi connectivity index (χ3v) is 3.14. The van der Waals surface area contributed by atoms with Gasteiger partial charge in [-0.25, -0.2) is 9.48 Å². The van der Waals surface area contributed by atoms with Crippen LogP contribution in [0.15, 0.2) is 24.3 Å². The SMILES string of the molecule is CCOC(=O)c1nnn(Cc2ccc(C)cc2)c1CCl. The molecule has 1 aromatic heterocycles. The van der Waals surface area contributed by atoms with Crippen LogP contribution in [0.2, 0.25) is 0 Å². The number of benzene rings is 1. The van der Waals surface area contributed by atoms with Crippen LogP contribution in [0.5, 0.6) is 0 Å². The first-order valence-electron chi connectivity index (χ1n) is 6.36. The van der Waals surface area contributed by atoms with Crippen LogP contribution in [0.1, 0.15) is 34.2 Å². The topological polar surface area (TPSA) is 57.0 Å². The molecule has 0 aliphatic rings. The first-order chi connectivity index (χ1) is 9.65. The number of halogens is 1. The molecule has 0 aliphatic heterocycles. The molecule has 106 valence electrons. The fraction of sp³-hybridized carbons (Fsp3) is 0.357. The molecule has 0 unspecified atom stereocenters. The molecule has 20 heavy (non-hydrogen) atoms. The molecule has 0 spiro atoms. The highest BCUT2D eigenvalue weighted by Gasteiger charge is 2.20. The van der Waals surface area contributed by atoms with Crippen molar-refractivity contribution < 1.29 is 9.53 Å². The van der Waals surface area contributed by atoms with Crippen LogP contribution in [0.3, 0.4) is 0 Å². The quantitative estimate of drug-likeness (QED) is 0.628. The Labute approximate surface area is 122 Å². The Kier molecular flexibility index (Phi) is 4.74. The molecule has 0 radical (unpaired) electrons. The molecule has 0 aliphatic carbocycles. The first kappa shape index (κ1) is 14.5. The van der Waals surface area contributed by atoms with Gasteiger partial charge in [-0.1, -0.05) is 35.0 Å². The van der Waals surface area contributed by atoms with E-state index < -0.39 is 5.97 Å². The Hall–Kier alpha value is -1.88. The maximum atomic E-state index is 11.7. The minimum absolute atomic E-state index is 0.160. The van der Waals surface area contributed by atoms with Gasteiger partial charge in [-0.15, -0.1) is 16.7 Å². The molecule has 0 atom stereocenters. The Morgan fingerprint density at radius 1 is 1.35 bits per heavy atom. The van der Waals surface area contributed by atoms with E-state index >= 15 is 0 Å². The monoisotopic (exact) mass is 293 g/mol. The van der Waals surface area contributed by atoms with Crippen molar-refractivity contribution in [3.8, 4) is 0 Å². The number of carbonyl (C=O) groups excluding carboxylic acids is 1. The zero-order valence-corrected chi connectivity index (χ0v) is 12.2. The van der Waals surface area contributed by atoms with Crippen LogP contribution < -0.4 is 0 Å². The summed E-state index contributed by atoms with van der Waals surface area (Å²) in [6.07, 6.45) is 0. The normalized spacial score (nSPS) is 10.6. The van der Waals surface area contributed by atoms with E-state index in [-0.39, 0.29) is 11.6 Å². The maximum absolute atomic E-state index is 11.7. The van der Waals surface area contributed by atoms with Crippen molar-refractivity contribution in [1.82, 2.24) is 15.0 Å². The molecule has 5 nitrogen and oxygen atoms in total. The second kappa shape index (κ2) is 6.52. The molecule has 1 heterocycles. The summed E-state index contributed by atoms with van der Waals surface area (Å²) in [7, 11) is 0. The molecular formula is C14H16ClN3O2. The van der Waals surface area contributed by atoms with Crippen molar-refractivity contribution in [1.29, 1.82) is 0 Å². The summed E-state index contributed by atoms with van der Waals surface area (Å²) in [5, 5.41) is 7.86. The lowest BCUT2D eigenvalue weighted by Crippen LogP contribution is -2.10. The van der Waals surface area contributed by atoms with E-state index in [1.54, 1.807) is 11.6 Å². The Morgan fingerprint density at radius 3 is 2.65 bits per heavy atom. The molecule has 2 aromatic rings. The summed E-state index contributed by atoms with van der Waals surface area (Å²) in [5.74, 6) is -0.328. The van der Waals surface area contributed by atoms with E-state index in [1.165, 1.54) is 5.56 Å². The number of alkyl halides is 1. The second-order valence-corrected chi connectivity index (χ2v) is 4.65. The maximum Gasteiger partial charge on any atom is 0.360 e. The largest absolute Gasteiger partial charge is 0.461 e. The van der Waals surface area contributed by atoms with Crippen molar-refractivity contribution in [2.24, 2.45) is 0 Å². The molecule has 0 saturated heterocycles. The fourth-order valence-corrected chi connectivity index (χ4v) is 2.08. The number of hydrogen-bond acceptors (Lipinski definition) is 4. The average molecular weight is 294 g/mol. The number of carbonyl (C=O) groups is 1. The lowest BCUT2D eigenvalue weighted by Gasteiger charge is -2.06. The number of ether oxygens (including phenoxy) is 1. The van der Waals surface area contributed by atoms with Gasteiger partial charge in [0.2, 0.25) is 0 Å². The van der Waals surface area contributed by atoms with Gasteiger partial charge in [0.05, 0.1) is 24.7 Å². The van der Waals surface area contributed by atoms with Gasteiger partial charge in [-0.05, 0) is 19.4 Å². The van der Waals surface area contributed by atoms with E-state index in [4.69, 9.17) is 16.3 Å². The zero-order valence-electron chi connectivity index (χ0n) is 11.5. The van der Waals surface area contributed by atoms with E-state index in [2.05, 4.69) is 10.3 Å². The van der Waals surface area contributed by atoms with Crippen LogP contribution in [0.25, 0.3) is 0 Å². The van der Waals surface area contributed by atoms with Gasteiger partial charge in [-0.3, -0.25) is 0 Å². The van der Waals surface area contributed by atoms with Crippen LogP contribution in [0, 0.1) is 6.92 Å². The summed E-state index contributed by atoms with van der Waals surface area (Å²) < 4.78 is 6.57. The number of nitrogens with zero attached hydrogens (tertiary/aromatic N) is 3. The minimum atomic E-state index is -0.488. The van der Waals surface area contributed by atoms with E-state index in [0.29, 0.717) is 18.8 Å². The minimum Gasteiger partial charge on any atom is -0.461 e. The number of aryl methyl sites for hydroxylation is 1. The molecular weight excluding hydrogens is 278 g/mol. The lowest BCUT2D eigenvalue weighted by atomic mass is 10.1. The van der Waals surface area contributed by atoms with Gasteiger partial charge in [0, 0.05) is 0 Å². The van der Waals surface area contributed by atoms with Crippen LogP contribution in [-0.4, -0.2) is 27.6 Å². The van der Waals surface area contributed by atoms with E-state index in [9.17, 15) is 4.79 Å². The summed E-state index contributed by atoms with van der Waals surface area (Å²) in [5.41, 5.74) is 3.03. The molecule has 0 fully saturated rings. The lowest BCUT2D eigenvalue weighted by molar-refractivity contribution is 0.0518. The third kappa shape index (κ3) is 3.17. The number of hydrogen-bond donors (Lipinski definition) is 0. The third-order valence-electron chi connectivity index (χ3n) is 2.89. The fourth-order valence-electron chi connectivity index (χ4n) is 1.82. The van der Waals surface area contributed by atoms with Crippen molar-refractivity contribution in [3.63, 3.8) is 0 Å². The number of aromatic nitrogens is 3. The summed E-state index contributed by atoms with van der Waals surface area (Å²) >= 11 is 5.91. The molecule has 0 saturated carbocycles. The standard InChI is InChI=1S/C14H16ClN3O2/c1-3-20-14(19)13-12(8-15)18(17-16-13)9-11-6-4-10(2)5-7-11/h4-7H,3,8-9H2,1-2H3. The molecule has 1 aromatic carbocycles. The molecule has 0 bridgehead atoms. The predicted octanol–water partition coefficient (Wildman–Crippen LogP) is 2.55. The van der Waals surface area contributed by atoms with Crippen molar-refractivity contribution in [2.75, 3.05) is 6.61 Å². The second-order valence-electron chi connectivity index (χ2n) is 4.38. The van der Waals surface area contributed by atoms with E-state index in [1.807, 2.05) is 31.2 Å². The molecule has 0 amide bonds. The zero-order chi connectivity index (χ0) is 14.5. The Morgan fingerprint density at radius 2 is 2.05 bits per heavy atom. The summed E-state index contributed by atoms with van der Waals surface area (Å²) in [4.78, 5) is 11.7. The number of rotatable bonds is 5. The average Bonchev–Trinajstić information content (AvgIpc) is 2.84. The Bertz CT molecular complexity index is 593. The first-order valence-corrected chi connectivity index (χ1v) is 6.90. The summed E-state index contributed by atoms with van der Waals surface area (Å²) in [6, 6.07) is 8.08. The molecule has 6 heteroatoms. The smallest absolute Gasteiger partial charge is 0.360 e. The van der Waals surface area contributed by atoms with Crippen LogP contribution >= 0.6 is 11.6 Å². The Balaban J connectivity index is 2.24. The highest BCUT2D eigenvalue weighted by atomic mass is 35.5. The van der Waals surface area contributed by atoms with Gasteiger partial charge >= 0.3 is 5.97 Å². The van der Waals surface area contributed by atoms with Crippen molar-refractivity contribution in [2.45, 2.75) is 26.3 Å². The van der Waals surface area contributed by atoms with Crippen molar-refractivity contribution in [3.05, 3.63) is 46.8 Å². The number of esters is 1. The highest BCUT2D eigenvalue weighted by Crippen LogP contribution is 2.13. The van der Waals surface area contributed by atoms with Gasteiger partial charge < -0.3 is 4.74 Å². The molecule has 2 rings (SSSR count). The molecule has 0 N–H and O–H groups in total. The van der Waals surface area contributed by atoms with Crippen LogP contribution in [-0.2, 0) is 17.2 Å².